The zero-order valence-electron chi connectivity index (χ0n) is 22.6. The van der Waals surface area contributed by atoms with E-state index in [9.17, 15) is 19.8 Å². The van der Waals surface area contributed by atoms with Crippen LogP contribution in [0.2, 0.25) is 0 Å². The molecule has 4 N–H and O–H groups in total. The van der Waals surface area contributed by atoms with Gasteiger partial charge in [-0.2, -0.15) is 10.2 Å². The Labute approximate surface area is 234 Å². The number of nitrogens with one attached hydrogen (secondary N) is 2. The summed E-state index contributed by atoms with van der Waals surface area (Å²) in [6.07, 6.45) is 15.1. The molecule has 0 fully saturated rings. The summed E-state index contributed by atoms with van der Waals surface area (Å²) < 4.78 is 0. The molecule has 8 heteroatoms. The molecular weight excluding hydrogens is 504 g/mol. The third-order valence-corrected chi connectivity index (χ3v) is 6.99. The van der Waals surface area contributed by atoms with E-state index in [-0.39, 0.29) is 23.3 Å². The molecule has 0 aromatic heterocycles. The second-order valence-electron chi connectivity index (χ2n) is 9.94. The second-order valence-corrected chi connectivity index (χ2v) is 9.94. The van der Waals surface area contributed by atoms with Crippen molar-refractivity contribution in [1.29, 1.82) is 0 Å². The minimum Gasteiger partial charge on any atom is -0.507 e. The molecule has 1 aliphatic carbocycles. The van der Waals surface area contributed by atoms with Crippen LogP contribution in [0.4, 0.5) is 0 Å². The normalized spacial score (nSPS) is 12.7. The number of amides is 2. The van der Waals surface area contributed by atoms with Crippen LogP contribution in [0.1, 0.15) is 80.0 Å². The molecule has 0 radical (unpaired) electrons. The average molecular weight is 541 g/mol. The number of fused-ring (bicyclic) bond motifs is 2. The van der Waals surface area contributed by atoms with Gasteiger partial charge in [-0.15, -0.1) is 0 Å². The van der Waals surface area contributed by atoms with Crippen LogP contribution in [0, 0.1) is 0 Å². The van der Waals surface area contributed by atoms with E-state index in [0.717, 1.165) is 67.7 Å². The number of carbonyl (C=O) groups excluding carboxylic acids is 2. The Hall–Kier alpha value is -4.46. The standard InChI is InChI=1S/C32H36N4O4/c37-29-19-17-23-11-7-9-13-25(23)27(29)21-33-35-31(39)15-5-3-1-2-4-6-16-32(40)36-34-22-28-26-14-10-8-12-24(26)18-20-30(28)38/h7,9-11,13-14,17-22,37-38H,1-6,8,12,15-16H2,(H,35,39)(H,36,40)/b33-21+,34-22+. The zero-order valence-corrected chi connectivity index (χ0v) is 22.6. The van der Waals surface area contributed by atoms with Gasteiger partial charge in [0.15, 0.2) is 0 Å². The zero-order chi connectivity index (χ0) is 28.2. The maximum atomic E-state index is 12.1. The molecule has 0 atom stereocenters. The molecule has 0 unspecified atom stereocenters. The van der Waals surface area contributed by atoms with Crippen molar-refractivity contribution in [3.63, 3.8) is 0 Å². The first kappa shape index (κ1) is 28.5. The maximum Gasteiger partial charge on any atom is 0.240 e. The van der Waals surface area contributed by atoms with Crippen molar-refractivity contribution in [3.05, 3.63) is 76.9 Å². The SMILES string of the molecule is O=C(CCCCCCCCC(=O)N/N=C/c1c(O)ccc2ccccc12)N/N=C/c1c(O)ccc2c1C=CCC2. The molecule has 3 aromatic carbocycles. The summed E-state index contributed by atoms with van der Waals surface area (Å²) in [5, 5.41) is 30.2. The lowest BCUT2D eigenvalue weighted by Gasteiger charge is -2.13. The molecule has 208 valence electrons. The lowest BCUT2D eigenvalue weighted by Crippen LogP contribution is -2.17. The van der Waals surface area contributed by atoms with E-state index >= 15 is 0 Å². The molecule has 0 bridgehead atoms. The van der Waals surface area contributed by atoms with Crippen LogP contribution in [-0.2, 0) is 16.0 Å². The van der Waals surface area contributed by atoms with Gasteiger partial charge < -0.3 is 10.2 Å². The lowest BCUT2D eigenvalue weighted by molar-refractivity contribution is -0.122. The van der Waals surface area contributed by atoms with Gasteiger partial charge in [0.2, 0.25) is 11.8 Å². The molecule has 0 aliphatic heterocycles. The van der Waals surface area contributed by atoms with E-state index in [1.807, 2.05) is 42.5 Å². The maximum absolute atomic E-state index is 12.1. The van der Waals surface area contributed by atoms with Crippen molar-refractivity contribution in [2.75, 3.05) is 0 Å². The van der Waals surface area contributed by atoms with Gasteiger partial charge >= 0.3 is 0 Å². The molecular formula is C32H36N4O4. The number of aryl methyl sites for hydroxylation is 1. The van der Waals surface area contributed by atoms with Crippen molar-refractivity contribution in [2.45, 2.75) is 64.2 Å². The molecule has 3 aromatic rings. The Balaban J connectivity index is 1.06. The number of allylic oxidation sites excluding steroid dienone is 1. The van der Waals surface area contributed by atoms with Crippen LogP contribution in [0.15, 0.2) is 64.8 Å². The summed E-state index contributed by atoms with van der Waals surface area (Å²) in [5.41, 5.74) is 8.41. The number of nitrogens with zero attached hydrogens (tertiary/aromatic N) is 2. The fourth-order valence-corrected chi connectivity index (χ4v) is 4.81. The first-order valence-electron chi connectivity index (χ1n) is 13.9. The van der Waals surface area contributed by atoms with Gasteiger partial charge in [0.05, 0.1) is 12.4 Å². The predicted molar refractivity (Wildman–Crippen MR) is 159 cm³/mol. The lowest BCUT2D eigenvalue weighted by atomic mass is 9.93. The summed E-state index contributed by atoms with van der Waals surface area (Å²) in [4.78, 5) is 24.2. The van der Waals surface area contributed by atoms with Gasteiger partial charge in [-0.05, 0) is 59.7 Å². The van der Waals surface area contributed by atoms with Crippen LogP contribution in [0.25, 0.3) is 16.8 Å². The van der Waals surface area contributed by atoms with Crippen molar-refractivity contribution in [2.24, 2.45) is 10.2 Å². The number of benzene rings is 3. The van der Waals surface area contributed by atoms with Crippen molar-refractivity contribution < 1.29 is 19.8 Å². The molecule has 2 amide bonds. The molecule has 4 rings (SSSR count). The summed E-state index contributed by atoms with van der Waals surface area (Å²) >= 11 is 0. The van der Waals surface area contributed by atoms with Gasteiger partial charge in [0, 0.05) is 24.0 Å². The van der Waals surface area contributed by atoms with Gasteiger partial charge in [-0.25, -0.2) is 10.9 Å². The highest BCUT2D eigenvalue weighted by Gasteiger charge is 2.12. The number of unbranched alkanes of at least 4 members (excludes halogenated alkanes) is 5. The highest BCUT2D eigenvalue weighted by Crippen LogP contribution is 2.28. The van der Waals surface area contributed by atoms with Crippen molar-refractivity contribution in [3.8, 4) is 11.5 Å². The Kier molecular flexibility index (Phi) is 10.4. The Bertz CT molecular complexity index is 1430. The molecule has 40 heavy (non-hydrogen) atoms. The minimum absolute atomic E-state index is 0.116. The number of phenols is 2. The largest absolute Gasteiger partial charge is 0.507 e. The molecule has 0 heterocycles. The van der Waals surface area contributed by atoms with E-state index in [2.05, 4.69) is 27.1 Å². The van der Waals surface area contributed by atoms with Gasteiger partial charge in [-0.1, -0.05) is 74.2 Å². The molecule has 1 aliphatic rings. The number of hydrogen-bond acceptors (Lipinski definition) is 6. The fraction of sp³-hybridized carbons (Fsp3) is 0.312. The molecule has 0 spiro atoms. The highest BCUT2D eigenvalue weighted by molar-refractivity contribution is 6.02. The summed E-state index contributed by atoms with van der Waals surface area (Å²) in [7, 11) is 0. The van der Waals surface area contributed by atoms with E-state index < -0.39 is 0 Å². The van der Waals surface area contributed by atoms with Gasteiger partial charge in [0.25, 0.3) is 0 Å². The number of hydrazone groups is 2. The summed E-state index contributed by atoms with van der Waals surface area (Å²) in [6, 6.07) is 14.7. The van der Waals surface area contributed by atoms with Gasteiger partial charge in [0.1, 0.15) is 11.5 Å². The third kappa shape index (κ3) is 8.02. The highest BCUT2D eigenvalue weighted by atomic mass is 16.3. The average Bonchev–Trinajstić information content (AvgIpc) is 2.96. The van der Waals surface area contributed by atoms with E-state index in [1.165, 1.54) is 18.0 Å². The second kappa shape index (κ2) is 14.6. The Morgan fingerprint density at radius 2 is 1.35 bits per heavy atom. The number of aromatic hydroxyl groups is 2. The van der Waals surface area contributed by atoms with Crippen molar-refractivity contribution >= 4 is 41.1 Å². The number of hydrogen-bond donors (Lipinski definition) is 4. The first-order valence-corrected chi connectivity index (χ1v) is 13.9. The molecule has 0 saturated carbocycles. The summed E-state index contributed by atoms with van der Waals surface area (Å²) in [6.45, 7) is 0. The van der Waals surface area contributed by atoms with Crippen LogP contribution in [0.5, 0.6) is 11.5 Å². The van der Waals surface area contributed by atoms with Crippen LogP contribution in [-0.4, -0.2) is 34.5 Å². The molecule has 8 nitrogen and oxygen atoms in total. The topological polar surface area (TPSA) is 123 Å². The van der Waals surface area contributed by atoms with Crippen LogP contribution < -0.4 is 10.9 Å². The first-order chi connectivity index (χ1) is 19.5. The van der Waals surface area contributed by atoms with Gasteiger partial charge in [-0.3, -0.25) is 9.59 Å². The third-order valence-electron chi connectivity index (χ3n) is 6.99. The Morgan fingerprint density at radius 3 is 2.08 bits per heavy atom. The van der Waals surface area contributed by atoms with Crippen molar-refractivity contribution in [1.82, 2.24) is 10.9 Å². The Morgan fingerprint density at radius 1 is 0.750 bits per heavy atom. The quantitative estimate of drug-likeness (QED) is 0.122. The smallest absolute Gasteiger partial charge is 0.240 e. The predicted octanol–water partition coefficient (Wildman–Crippen LogP) is 5.93. The fourth-order valence-electron chi connectivity index (χ4n) is 4.81. The minimum atomic E-state index is -0.159. The van der Waals surface area contributed by atoms with Crippen LogP contribution in [0.3, 0.4) is 0 Å². The van der Waals surface area contributed by atoms with E-state index in [4.69, 9.17) is 0 Å². The number of rotatable bonds is 13. The number of phenolic OH excluding ortho intramolecular Hbond substituents is 2. The van der Waals surface area contributed by atoms with E-state index in [0.29, 0.717) is 24.0 Å². The number of carbonyl (C=O) groups is 2. The monoisotopic (exact) mass is 540 g/mol. The van der Waals surface area contributed by atoms with Crippen LogP contribution >= 0.6 is 0 Å². The summed E-state index contributed by atoms with van der Waals surface area (Å²) in [5.74, 6) is -0.0429. The van der Waals surface area contributed by atoms with E-state index in [1.54, 1.807) is 12.1 Å². The molecule has 0 saturated heterocycles.